The number of benzene rings is 1. The van der Waals surface area contributed by atoms with E-state index >= 15 is 0 Å². The van der Waals surface area contributed by atoms with E-state index in [-0.39, 0.29) is 11.5 Å². The lowest BCUT2D eigenvalue weighted by Crippen LogP contribution is -2.18. The summed E-state index contributed by atoms with van der Waals surface area (Å²) in [5.41, 5.74) is 0.259. The molecule has 0 aliphatic carbocycles. The van der Waals surface area contributed by atoms with Gasteiger partial charge in [-0.2, -0.15) is 0 Å². The average molecular weight is 196 g/mol. The molecule has 0 bridgehead atoms. The van der Waals surface area contributed by atoms with Crippen LogP contribution in [-0.2, 0) is 4.79 Å². The van der Waals surface area contributed by atoms with Gasteiger partial charge in [0.15, 0.2) is 0 Å². The first kappa shape index (κ1) is 10.7. The monoisotopic (exact) mass is 196 g/mol. The van der Waals surface area contributed by atoms with Gasteiger partial charge >= 0.3 is 5.97 Å². The number of halogens is 1. The van der Waals surface area contributed by atoms with Crippen LogP contribution < -0.4 is 0 Å². The lowest BCUT2D eigenvalue weighted by Gasteiger charge is -2.16. The molecule has 1 N–H and O–H groups in total. The van der Waals surface area contributed by atoms with Gasteiger partial charge in [-0.1, -0.05) is 32.0 Å². The number of carbonyl (C=O) groups is 1. The van der Waals surface area contributed by atoms with E-state index in [0.29, 0.717) is 0 Å². The molecule has 0 spiro atoms. The zero-order valence-electron chi connectivity index (χ0n) is 8.20. The van der Waals surface area contributed by atoms with Crippen molar-refractivity contribution < 1.29 is 14.3 Å². The van der Waals surface area contributed by atoms with Gasteiger partial charge in [-0.05, 0) is 12.0 Å². The van der Waals surface area contributed by atoms with Crippen molar-refractivity contribution in [3.8, 4) is 0 Å². The molecule has 1 aromatic carbocycles. The number of carboxylic acid groups (broad SMARTS) is 1. The topological polar surface area (TPSA) is 37.3 Å². The second-order valence-corrected chi connectivity index (χ2v) is 3.58. The molecule has 1 aromatic rings. The molecule has 0 aliphatic rings. The van der Waals surface area contributed by atoms with E-state index in [4.69, 9.17) is 5.11 Å². The van der Waals surface area contributed by atoms with Crippen molar-refractivity contribution in [3.63, 3.8) is 0 Å². The molecular formula is C11H13FO2. The normalized spacial score (nSPS) is 12.9. The molecule has 1 atom stereocenters. The third-order valence-electron chi connectivity index (χ3n) is 2.17. The SMILES string of the molecule is CC(C)C(C(=O)O)c1ccccc1F. The number of carboxylic acids is 1. The molecule has 76 valence electrons. The Bertz CT molecular complexity index is 334. The highest BCUT2D eigenvalue weighted by Gasteiger charge is 2.25. The summed E-state index contributed by atoms with van der Waals surface area (Å²) in [6, 6.07) is 6.01. The molecule has 0 saturated carbocycles. The van der Waals surface area contributed by atoms with Gasteiger partial charge in [-0.3, -0.25) is 4.79 Å². The molecular weight excluding hydrogens is 183 g/mol. The molecule has 14 heavy (non-hydrogen) atoms. The number of aliphatic carboxylic acids is 1. The molecule has 0 amide bonds. The minimum absolute atomic E-state index is 0.121. The van der Waals surface area contributed by atoms with Gasteiger partial charge in [0.2, 0.25) is 0 Å². The lowest BCUT2D eigenvalue weighted by atomic mass is 9.88. The fraction of sp³-hybridized carbons (Fsp3) is 0.364. The highest BCUT2D eigenvalue weighted by atomic mass is 19.1. The van der Waals surface area contributed by atoms with Gasteiger partial charge in [0.25, 0.3) is 0 Å². The second kappa shape index (κ2) is 4.22. The zero-order valence-corrected chi connectivity index (χ0v) is 8.20. The molecule has 1 unspecified atom stereocenters. The highest BCUT2D eigenvalue weighted by molar-refractivity contribution is 5.76. The number of hydrogen-bond acceptors (Lipinski definition) is 1. The Hall–Kier alpha value is -1.38. The van der Waals surface area contributed by atoms with E-state index in [1.54, 1.807) is 26.0 Å². The molecule has 0 aliphatic heterocycles. The lowest BCUT2D eigenvalue weighted by molar-refractivity contribution is -0.139. The van der Waals surface area contributed by atoms with Crippen LogP contribution in [0.25, 0.3) is 0 Å². The van der Waals surface area contributed by atoms with Gasteiger partial charge in [-0.15, -0.1) is 0 Å². The first-order valence-electron chi connectivity index (χ1n) is 4.51. The fourth-order valence-corrected chi connectivity index (χ4v) is 1.50. The average Bonchev–Trinajstić information content (AvgIpc) is 2.07. The predicted molar refractivity (Wildman–Crippen MR) is 51.6 cm³/mol. The Kier molecular flexibility index (Phi) is 3.23. The van der Waals surface area contributed by atoms with E-state index in [1.165, 1.54) is 12.1 Å². The molecule has 0 radical (unpaired) electrons. The summed E-state index contributed by atoms with van der Waals surface area (Å²) in [5.74, 6) is -2.32. The quantitative estimate of drug-likeness (QED) is 0.806. The molecule has 1 rings (SSSR count). The third-order valence-corrected chi connectivity index (χ3v) is 2.17. The van der Waals surface area contributed by atoms with Crippen molar-refractivity contribution in [2.24, 2.45) is 5.92 Å². The Morgan fingerprint density at radius 1 is 1.36 bits per heavy atom. The summed E-state index contributed by atoms with van der Waals surface area (Å²) in [4.78, 5) is 10.9. The van der Waals surface area contributed by atoms with Crippen LogP contribution in [0.5, 0.6) is 0 Å². The first-order valence-corrected chi connectivity index (χ1v) is 4.51. The van der Waals surface area contributed by atoms with Crippen molar-refractivity contribution in [2.45, 2.75) is 19.8 Å². The van der Waals surface area contributed by atoms with Crippen molar-refractivity contribution >= 4 is 5.97 Å². The van der Waals surface area contributed by atoms with Crippen molar-refractivity contribution in [2.75, 3.05) is 0 Å². The van der Waals surface area contributed by atoms with E-state index < -0.39 is 17.7 Å². The zero-order chi connectivity index (χ0) is 10.7. The van der Waals surface area contributed by atoms with Crippen molar-refractivity contribution in [3.05, 3.63) is 35.6 Å². The van der Waals surface area contributed by atoms with E-state index in [9.17, 15) is 9.18 Å². The maximum Gasteiger partial charge on any atom is 0.311 e. The van der Waals surface area contributed by atoms with Gasteiger partial charge in [0, 0.05) is 5.56 Å². The maximum atomic E-state index is 13.3. The predicted octanol–water partition coefficient (Wildman–Crippen LogP) is 2.65. The van der Waals surface area contributed by atoms with Crippen molar-refractivity contribution in [1.29, 1.82) is 0 Å². The maximum absolute atomic E-state index is 13.3. The molecule has 0 aromatic heterocycles. The molecule has 0 saturated heterocycles. The van der Waals surface area contributed by atoms with Crippen LogP contribution in [0.3, 0.4) is 0 Å². The van der Waals surface area contributed by atoms with E-state index in [2.05, 4.69) is 0 Å². The van der Waals surface area contributed by atoms with E-state index in [0.717, 1.165) is 0 Å². The third kappa shape index (κ3) is 2.10. The standard InChI is InChI=1S/C11H13FO2/c1-7(2)10(11(13)14)8-5-3-4-6-9(8)12/h3-7,10H,1-2H3,(H,13,14). The Morgan fingerprint density at radius 2 is 1.93 bits per heavy atom. The molecule has 3 heteroatoms. The van der Waals surface area contributed by atoms with Crippen LogP contribution in [-0.4, -0.2) is 11.1 Å². The Balaban J connectivity index is 3.12. The van der Waals surface area contributed by atoms with Gasteiger partial charge in [-0.25, -0.2) is 4.39 Å². The Morgan fingerprint density at radius 3 is 2.36 bits per heavy atom. The molecule has 2 nitrogen and oxygen atoms in total. The summed E-state index contributed by atoms with van der Waals surface area (Å²) < 4.78 is 13.3. The summed E-state index contributed by atoms with van der Waals surface area (Å²) in [5, 5.41) is 8.95. The Labute approximate surface area is 82.4 Å². The number of rotatable bonds is 3. The summed E-state index contributed by atoms with van der Waals surface area (Å²) in [6.07, 6.45) is 0. The fourth-order valence-electron chi connectivity index (χ4n) is 1.50. The molecule has 0 fully saturated rings. The van der Waals surface area contributed by atoms with Crippen LogP contribution in [0.2, 0.25) is 0 Å². The van der Waals surface area contributed by atoms with Crippen LogP contribution in [0.1, 0.15) is 25.3 Å². The summed E-state index contributed by atoms with van der Waals surface area (Å²) in [7, 11) is 0. The largest absolute Gasteiger partial charge is 0.481 e. The minimum atomic E-state index is -0.981. The number of hydrogen-bond donors (Lipinski definition) is 1. The minimum Gasteiger partial charge on any atom is -0.481 e. The highest BCUT2D eigenvalue weighted by Crippen LogP contribution is 2.26. The van der Waals surface area contributed by atoms with Gasteiger partial charge < -0.3 is 5.11 Å². The van der Waals surface area contributed by atoms with Crippen LogP contribution >= 0.6 is 0 Å². The summed E-state index contributed by atoms with van der Waals surface area (Å²) in [6.45, 7) is 3.54. The van der Waals surface area contributed by atoms with Crippen molar-refractivity contribution in [1.82, 2.24) is 0 Å². The second-order valence-electron chi connectivity index (χ2n) is 3.58. The van der Waals surface area contributed by atoms with Gasteiger partial charge in [0.05, 0.1) is 5.92 Å². The van der Waals surface area contributed by atoms with Crippen LogP contribution in [0.15, 0.2) is 24.3 Å². The first-order chi connectivity index (χ1) is 6.54. The summed E-state index contributed by atoms with van der Waals surface area (Å²) >= 11 is 0. The molecule has 0 heterocycles. The van der Waals surface area contributed by atoms with Crippen LogP contribution in [0, 0.1) is 11.7 Å². The van der Waals surface area contributed by atoms with E-state index in [1.807, 2.05) is 0 Å². The van der Waals surface area contributed by atoms with Crippen LogP contribution in [0.4, 0.5) is 4.39 Å². The smallest absolute Gasteiger partial charge is 0.311 e. The van der Waals surface area contributed by atoms with Gasteiger partial charge in [0.1, 0.15) is 5.82 Å².